The molecule has 148 valence electrons. The van der Waals surface area contributed by atoms with Gasteiger partial charge in [-0.3, -0.25) is 9.78 Å². The number of aromatic hydroxyl groups is 1. The Balaban J connectivity index is 1.54. The van der Waals surface area contributed by atoms with Gasteiger partial charge in [0.2, 0.25) is 0 Å². The third-order valence-electron chi connectivity index (χ3n) is 5.11. The third-order valence-corrected chi connectivity index (χ3v) is 5.11. The Bertz CT molecular complexity index is 1180. The van der Waals surface area contributed by atoms with Crippen molar-refractivity contribution in [2.45, 2.75) is 13.8 Å². The van der Waals surface area contributed by atoms with Crippen LogP contribution in [0.15, 0.2) is 85.2 Å². The molecule has 0 unspecified atom stereocenters. The van der Waals surface area contributed by atoms with Gasteiger partial charge in [0.15, 0.2) is 0 Å². The number of aryl methyl sites for hydroxylation is 2. The van der Waals surface area contributed by atoms with E-state index in [-0.39, 0.29) is 11.7 Å². The van der Waals surface area contributed by atoms with Gasteiger partial charge in [-0.05, 0) is 72.0 Å². The van der Waals surface area contributed by atoms with Gasteiger partial charge in [0, 0.05) is 17.3 Å². The first-order chi connectivity index (χ1) is 14.5. The highest BCUT2D eigenvalue weighted by Crippen LogP contribution is 2.28. The van der Waals surface area contributed by atoms with Gasteiger partial charge in [0.1, 0.15) is 5.75 Å². The monoisotopic (exact) mass is 394 g/mol. The molecule has 4 nitrogen and oxygen atoms in total. The van der Waals surface area contributed by atoms with E-state index < -0.39 is 0 Å². The lowest BCUT2D eigenvalue weighted by Crippen LogP contribution is -2.12. The molecule has 0 aliphatic carbocycles. The SMILES string of the molecule is Cc1cccc(C)c1-c1cncc(NC(=O)c2ccc(-c3ccc(O)cc3)cc2)c1. The van der Waals surface area contributed by atoms with Crippen LogP contribution in [0.1, 0.15) is 21.5 Å². The molecule has 0 radical (unpaired) electrons. The number of pyridine rings is 1. The van der Waals surface area contributed by atoms with Gasteiger partial charge in [0.25, 0.3) is 5.91 Å². The van der Waals surface area contributed by atoms with Crippen molar-refractivity contribution in [3.8, 4) is 28.0 Å². The number of amides is 1. The maximum atomic E-state index is 12.7. The number of nitrogens with one attached hydrogen (secondary N) is 1. The minimum atomic E-state index is -0.187. The zero-order valence-corrected chi connectivity index (χ0v) is 16.9. The van der Waals surface area contributed by atoms with Crippen LogP contribution in [0.2, 0.25) is 0 Å². The largest absolute Gasteiger partial charge is 0.508 e. The quantitative estimate of drug-likeness (QED) is 0.447. The number of rotatable bonds is 4. The summed E-state index contributed by atoms with van der Waals surface area (Å²) in [7, 11) is 0. The number of hydrogen-bond donors (Lipinski definition) is 2. The van der Waals surface area contributed by atoms with E-state index >= 15 is 0 Å². The second kappa shape index (κ2) is 8.21. The summed E-state index contributed by atoms with van der Waals surface area (Å²) in [5.41, 5.74) is 7.63. The van der Waals surface area contributed by atoms with Gasteiger partial charge in [0.05, 0.1) is 11.9 Å². The fourth-order valence-corrected chi connectivity index (χ4v) is 3.59. The highest BCUT2D eigenvalue weighted by atomic mass is 16.3. The maximum Gasteiger partial charge on any atom is 0.255 e. The molecule has 0 bridgehead atoms. The summed E-state index contributed by atoms with van der Waals surface area (Å²) in [5.74, 6) is 0.0409. The summed E-state index contributed by atoms with van der Waals surface area (Å²) in [6.45, 7) is 4.15. The van der Waals surface area contributed by atoms with Crippen molar-refractivity contribution in [1.82, 2.24) is 4.98 Å². The van der Waals surface area contributed by atoms with Crippen LogP contribution in [0.5, 0.6) is 5.75 Å². The number of carbonyl (C=O) groups excluding carboxylic acids is 1. The van der Waals surface area contributed by atoms with Gasteiger partial charge in [-0.2, -0.15) is 0 Å². The van der Waals surface area contributed by atoms with E-state index in [1.54, 1.807) is 30.5 Å². The number of carbonyl (C=O) groups is 1. The summed E-state index contributed by atoms with van der Waals surface area (Å²) in [4.78, 5) is 17.0. The van der Waals surface area contributed by atoms with Crippen molar-refractivity contribution in [3.63, 3.8) is 0 Å². The number of hydrogen-bond acceptors (Lipinski definition) is 3. The van der Waals surface area contributed by atoms with Gasteiger partial charge >= 0.3 is 0 Å². The van der Waals surface area contributed by atoms with Crippen LogP contribution in [0.3, 0.4) is 0 Å². The number of anilines is 1. The van der Waals surface area contributed by atoms with Crippen molar-refractivity contribution < 1.29 is 9.90 Å². The zero-order chi connectivity index (χ0) is 21.1. The predicted octanol–water partition coefficient (Wildman–Crippen LogP) is 5.99. The molecule has 0 spiro atoms. The molecule has 1 heterocycles. The molecular formula is C26H22N2O2. The van der Waals surface area contributed by atoms with Crippen molar-refractivity contribution in [3.05, 3.63) is 102 Å². The number of benzene rings is 3. The Morgan fingerprint density at radius 2 is 1.40 bits per heavy atom. The predicted molar refractivity (Wildman–Crippen MR) is 121 cm³/mol. The van der Waals surface area contributed by atoms with Crippen molar-refractivity contribution in [1.29, 1.82) is 0 Å². The fourth-order valence-electron chi connectivity index (χ4n) is 3.59. The second-order valence-electron chi connectivity index (χ2n) is 7.31. The normalized spacial score (nSPS) is 10.6. The summed E-state index contributed by atoms with van der Waals surface area (Å²) in [6, 6.07) is 22.5. The zero-order valence-electron chi connectivity index (χ0n) is 16.9. The summed E-state index contributed by atoms with van der Waals surface area (Å²) < 4.78 is 0. The van der Waals surface area contributed by atoms with Crippen molar-refractivity contribution in [2.75, 3.05) is 5.32 Å². The van der Waals surface area contributed by atoms with Gasteiger partial charge in [-0.1, -0.05) is 42.5 Å². The van der Waals surface area contributed by atoms with Gasteiger partial charge in [-0.25, -0.2) is 0 Å². The minimum absolute atomic E-state index is 0.187. The summed E-state index contributed by atoms with van der Waals surface area (Å²) in [5, 5.41) is 12.4. The third kappa shape index (κ3) is 4.08. The molecule has 0 aliphatic heterocycles. The van der Waals surface area contributed by atoms with Crippen LogP contribution in [-0.4, -0.2) is 16.0 Å². The van der Waals surface area contributed by atoms with Crippen LogP contribution >= 0.6 is 0 Å². The van der Waals surface area contributed by atoms with Crippen molar-refractivity contribution in [2.24, 2.45) is 0 Å². The Morgan fingerprint density at radius 1 is 0.800 bits per heavy atom. The fraction of sp³-hybridized carbons (Fsp3) is 0.0769. The van der Waals surface area contributed by atoms with E-state index in [4.69, 9.17) is 0 Å². The van der Waals surface area contributed by atoms with Gasteiger partial charge < -0.3 is 10.4 Å². The van der Waals surface area contributed by atoms with E-state index in [0.29, 0.717) is 11.3 Å². The molecule has 1 aromatic heterocycles. The minimum Gasteiger partial charge on any atom is -0.508 e. The van der Waals surface area contributed by atoms with Crippen LogP contribution in [0, 0.1) is 13.8 Å². The molecule has 4 aromatic rings. The summed E-state index contributed by atoms with van der Waals surface area (Å²) in [6.07, 6.45) is 3.47. The van der Waals surface area contributed by atoms with E-state index in [1.807, 2.05) is 42.6 Å². The Kier molecular flexibility index (Phi) is 5.31. The number of phenols is 1. The molecular weight excluding hydrogens is 372 g/mol. The lowest BCUT2D eigenvalue weighted by Gasteiger charge is -2.12. The van der Waals surface area contributed by atoms with E-state index in [2.05, 4.69) is 36.3 Å². The molecule has 0 saturated heterocycles. The molecule has 3 aromatic carbocycles. The average molecular weight is 394 g/mol. The highest BCUT2D eigenvalue weighted by molar-refractivity contribution is 6.04. The summed E-state index contributed by atoms with van der Waals surface area (Å²) >= 11 is 0. The Hall–Kier alpha value is -3.92. The first kappa shape index (κ1) is 19.4. The standard InChI is InChI=1S/C26H22N2O2/c1-17-4-3-5-18(2)25(17)22-14-23(16-27-15-22)28-26(30)21-8-6-19(7-9-21)20-10-12-24(29)13-11-20/h3-16,29H,1-2H3,(H,28,30). The van der Waals surface area contributed by atoms with E-state index in [0.717, 1.165) is 22.3 Å². The second-order valence-corrected chi connectivity index (χ2v) is 7.31. The van der Waals surface area contributed by atoms with Crippen molar-refractivity contribution >= 4 is 11.6 Å². The molecule has 0 aliphatic rings. The lowest BCUT2D eigenvalue weighted by molar-refractivity contribution is 0.102. The molecule has 0 fully saturated rings. The lowest BCUT2D eigenvalue weighted by atomic mass is 9.97. The van der Waals surface area contributed by atoms with Gasteiger partial charge in [-0.15, -0.1) is 0 Å². The molecule has 0 saturated carbocycles. The number of nitrogens with zero attached hydrogens (tertiary/aromatic N) is 1. The molecule has 4 rings (SSSR count). The van der Waals surface area contributed by atoms with Crippen LogP contribution < -0.4 is 5.32 Å². The average Bonchev–Trinajstić information content (AvgIpc) is 2.75. The molecule has 1 amide bonds. The van der Waals surface area contributed by atoms with Crippen LogP contribution in [0.4, 0.5) is 5.69 Å². The Labute approximate surface area is 175 Å². The number of phenolic OH excluding ortho intramolecular Hbond substituents is 1. The topological polar surface area (TPSA) is 62.2 Å². The molecule has 2 N–H and O–H groups in total. The molecule has 30 heavy (non-hydrogen) atoms. The van der Waals surface area contributed by atoms with Crippen LogP contribution in [0.25, 0.3) is 22.3 Å². The van der Waals surface area contributed by atoms with Crippen LogP contribution in [-0.2, 0) is 0 Å². The first-order valence-corrected chi connectivity index (χ1v) is 9.74. The first-order valence-electron chi connectivity index (χ1n) is 9.74. The molecule has 0 atom stereocenters. The Morgan fingerprint density at radius 3 is 2.03 bits per heavy atom. The van der Waals surface area contributed by atoms with E-state index in [9.17, 15) is 9.90 Å². The highest BCUT2D eigenvalue weighted by Gasteiger charge is 2.10. The maximum absolute atomic E-state index is 12.7. The van der Waals surface area contributed by atoms with E-state index in [1.165, 1.54) is 11.1 Å². The number of aromatic nitrogens is 1. The smallest absolute Gasteiger partial charge is 0.255 e. The molecule has 4 heteroatoms.